The highest BCUT2D eigenvalue weighted by Crippen LogP contribution is 2.23. The molecule has 0 N–H and O–H groups in total. The van der Waals surface area contributed by atoms with Crippen molar-refractivity contribution in [3.8, 4) is 0 Å². The number of carbonyl (C=O) groups excluding carboxylic acids is 1. The van der Waals surface area contributed by atoms with Crippen LogP contribution in [0.2, 0.25) is 0 Å². The van der Waals surface area contributed by atoms with Crippen LogP contribution in [0.3, 0.4) is 0 Å². The first-order valence-corrected chi connectivity index (χ1v) is 8.08. The molecule has 1 aromatic carbocycles. The molecule has 0 aromatic heterocycles. The lowest BCUT2D eigenvalue weighted by Gasteiger charge is -2.19. The van der Waals surface area contributed by atoms with Crippen molar-refractivity contribution < 1.29 is 17.9 Å². The third kappa shape index (κ3) is 4.59. The van der Waals surface area contributed by atoms with Gasteiger partial charge in [0, 0.05) is 15.2 Å². The molecule has 0 spiro atoms. The first-order valence-electron chi connectivity index (χ1n) is 4.98. The Morgan fingerprint density at radius 1 is 1.28 bits per heavy atom. The fourth-order valence-electron chi connectivity index (χ4n) is 1.16. The highest BCUT2D eigenvalue weighted by atomic mass is 79.9. The van der Waals surface area contributed by atoms with E-state index in [1.165, 1.54) is 18.2 Å². The molecule has 0 fully saturated rings. The highest BCUT2D eigenvalue weighted by Gasteiger charge is 2.20. The van der Waals surface area contributed by atoms with E-state index in [9.17, 15) is 13.2 Å². The fourth-order valence-corrected chi connectivity index (χ4v) is 2.61. The molecular formula is C11H12BrClO4S. The summed E-state index contributed by atoms with van der Waals surface area (Å²) < 4.78 is 28.1. The van der Waals surface area contributed by atoms with Crippen LogP contribution < -0.4 is 0 Å². The number of hydrogen-bond donors (Lipinski definition) is 0. The molecule has 0 aliphatic carbocycles. The molecule has 1 rings (SSSR count). The van der Waals surface area contributed by atoms with Crippen molar-refractivity contribution in [1.29, 1.82) is 0 Å². The van der Waals surface area contributed by atoms with E-state index in [4.69, 9.17) is 15.4 Å². The SMILES string of the molecule is CC(C)(C)OC(=O)c1cc(Br)cc(S(=O)(=O)Cl)c1. The van der Waals surface area contributed by atoms with E-state index in [-0.39, 0.29) is 10.5 Å². The van der Waals surface area contributed by atoms with Gasteiger partial charge in [-0.25, -0.2) is 13.2 Å². The normalized spacial score (nSPS) is 12.3. The predicted octanol–water partition coefficient (Wildman–Crippen LogP) is 3.33. The zero-order valence-electron chi connectivity index (χ0n) is 10.0. The minimum absolute atomic E-state index is 0.124. The summed E-state index contributed by atoms with van der Waals surface area (Å²) in [6.45, 7) is 5.17. The van der Waals surface area contributed by atoms with Crippen LogP contribution in [0.15, 0.2) is 27.6 Å². The summed E-state index contributed by atoms with van der Waals surface area (Å²) in [6, 6.07) is 3.97. The summed E-state index contributed by atoms with van der Waals surface area (Å²) in [5.74, 6) is -0.606. The molecule has 100 valence electrons. The molecule has 0 amide bonds. The Balaban J connectivity index is 3.19. The number of rotatable bonds is 2. The number of carbonyl (C=O) groups is 1. The molecule has 0 unspecified atom stereocenters. The Hall–Kier alpha value is -0.590. The molecule has 0 saturated heterocycles. The summed E-state index contributed by atoms with van der Waals surface area (Å²) >= 11 is 3.12. The Labute approximate surface area is 119 Å². The van der Waals surface area contributed by atoms with Crippen molar-refractivity contribution in [2.24, 2.45) is 0 Å². The lowest BCUT2D eigenvalue weighted by molar-refractivity contribution is 0.00692. The summed E-state index contributed by atoms with van der Waals surface area (Å²) in [5.41, 5.74) is -0.530. The molecule has 0 aliphatic rings. The van der Waals surface area contributed by atoms with Crippen LogP contribution in [0.1, 0.15) is 31.1 Å². The second kappa shape index (κ2) is 5.19. The van der Waals surface area contributed by atoms with Gasteiger partial charge in [-0.15, -0.1) is 0 Å². The Morgan fingerprint density at radius 2 is 1.83 bits per heavy atom. The molecule has 0 bridgehead atoms. The second-order valence-electron chi connectivity index (χ2n) is 4.62. The number of hydrogen-bond acceptors (Lipinski definition) is 4. The van der Waals surface area contributed by atoms with Crippen LogP contribution in [0.25, 0.3) is 0 Å². The lowest BCUT2D eigenvalue weighted by atomic mass is 10.2. The smallest absolute Gasteiger partial charge is 0.338 e. The van der Waals surface area contributed by atoms with Gasteiger partial charge in [0.15, 0.2) is 0 Å². The molecule has 0 aliphatic heterocycles. The van der Waals surface area contributed by atoms with E-state index < -0.39 is 20.6 Å². The van der Waals surface area contributed by atoms with Gasteiger partial charge in [-0.1, -0.05) is 15.9 Å². The fraction of sp³-hybridized carbons (Fsp3) is 0.364. The van der Waals surface area contributed by atoms with Gasteiger partial charge < -0.3 is 4.74 Å². The Morgan fingerprint density at radius 3 is 2.28 bits per heavy atom. The van der Waals surface area contributed by atoms with Gasteiger partial charge in [0.25, 0.3) is 9.05 Å². The van der Waals surface area contributed by atoms with Crippen LogP contribution in [0, 0.1) is 0 Å². The quantitative estimate of drug-likeness (QED) is 0.603. The van der Waals surface area contributed by atoms with Crippen molar-refractivity contribution >= 4 is 41.6 Å². The van der Waals surface area contributed by atoms with Crippen molar-refractivity contribution in [2.75, 3.05) is 0 Å². The van der Waals surface area contributed by atoms with E-state index in [0.29, 0.717) is 4.47 Å². The van der Waals surface area contributed by atoms with Gasteiger partial charge >= 0.3 is 5.97 Å². The molecule has 4 nitrogen and oxygen atoms in total. The van der Waals surface area contributed by atoms with Gasteiger partial charge in [0.1, 0.15) is 5.60 Å². The molecule has 1 aromatic rings. The third-order valence-electron chi connectivity index (χ3n) is 1.79. The van der Waals surface area contributed by atoms with E-state index in [0.717, 1.165) is 0 Å². The number of halogens is 2. The average molecular weight is 356 g/mol. The monoisotopic (exact) mass is 354 g/mol. The molecule has 7 heteroatoms. The zero-order chi connectivity index (χ0) is 14.1. The molecule has 0 heterocycles. The summed E-state index contributed by atoms with van der Waals surface area (Å²) in [6.07, 6.45) is 0. The minimum Gasteiger partial charge on any atom is -0.456 e. The molecule has 0 saturated carbocycles. The van der Waals surface area contributed by atoms with Crippen LogP contribution in [0.4, 0.5) is 0 Å². The maximum Gasteiger partial charge on any atom is 0.338 e. The van der Waals surface area contributed by atoms with Crippen molar-refractivity contribution in [3.05, 3.63) is 28.2 Å². The second-order valence-corrected chi connectivity index (χ2v) is 8.10. The van der Waals surface area contributed by atoms with E-state index in [1.54, 1.807) is 20.8 Å². The van der Waals surface area contributed by atoms with E-state index in [2.05, 4.69) is 15.9 Å². The number of ether oxygens (including phenoxy) is 1. The predicted molar refractivity (Wildman–Crippen MR) is 72.3 cm³/mol. The highest BCUT2D eigenvalue weighted by molar-refractivity contribution is 9.10. The van der Waals surface area contributed by atoms with Crippen LogP contribution in [-0.4, -0.2) is 20.0 Å². The maximum atomic E-state index is 11.8. The van der Waals surface area contributed by atoms with Gasteiger partial charge in [-0.3, -0.25) is 0 Å². The van der Waals surface area contributed by atoms with E-state index in [1.807, 2.05) is 0 Å². The van der Waals surface area contributed by atoms with Crippen LogP contribution in [0.5, 0.6) is 0 Å². The third-order valence-corrected chi connectivity index (χ3v) is 3.58. The van der Waals surface area contributed by atoms with E-state index >= 15 is 0 Å². The number of benzene rings is 1. The van der Waals surface area contributed by atoms with Crippen molar-refractivity contribution in [3.63, 3.8) is 0 Å². The first-order chi connectivity index (χ1) is 7.99. The van der Waals surface area contributed by atoms with Crippen molar-refractivity contribution in [2.45, 2.75) is 31.3 Å². The molecule has 0 radical (unpaired) electrons. The Kier molecular flexibility index (Phi) is 4.46. The first kappa shape index (κ1) is 15.5. The lowest BCUT2D eigenvalue weighted by Crippen LogP contribution is -2.24. The molecule has 18 heavy (non-hydrogen) atoms. The topological polar surface area (TPSA) is 60.4 Å². The van der Waals surface area contributed by atoms with Gasteiger partial charge in [0.2, 0.25) is 0 Å². The maximum absolute atomic E-state index is 11.8. The van der Waals surface area contributed by atoms with Gasteiger partial charge in [-0.2, -0.15) is 0 Å². The molecule has 0 atom stereocenters. The minimum atomic E-state index is -3.89. The summed E-state index contributed by atoms with van der Waals surface area (Å²) in [5, 5.41) is 0. The average Bonchev–Trinajstić information content (AvgIpc) is 2.12. The largest absolute Gasteiger partial charge is 0.456 e. The summed E-state index contributed by atoms with van der Waals surface area (Å²) in [4.78, 5) is 11.7. The van der Waals surface area contributed by atoms with Crippen molar-refractivity contribution in [1.82, 2.24) is 0 Å². The van der Waals surface area contributed by atoms with Crippen LogP contribution >= 0.6 is 26.6 Å². The standard InChI is InChI=1S/C11H12BrClO4S/c1-11(2,3)17-10(14)7-4-8(12)6-9(5-7)18(13,15)16/h4-6H,1-3H3. The Bertz CT molecular complexity index is 575. The molecular weight excluding hydrogens is 344 g/mol. The zero-order valence-corrected chi connectivity index (χ0v) is 13.2. The number of esters is 1. The van der Waals surface area contributed by atoms with Gasteiger partial charge in [-0.05, 0) is 39.0 Å². The van der Waals surface area contributed by atoms with Gasteiger partial charge in [0.05, 0.1) is 10.5 Å². The van der Waals surface area contributed by atoms with Crippen LogP contribution in [-0.2, 0) is 13.8 Å². The summed E-state index contributed by atoms with van der Waals surface area (Å²) in [7, 11) is 1.35.